The van der Waals surface area contributed by atoms with E-state index in [4.69, 9.17) is 4.74 Å². The number of cyclic esters (lactones) is 1. The summed E-state index contributed by atoms with van der Waals surface area (Å²) in [7, 11) is 0. The highest BCUT2D eigenvalue weighted by Gasteiger charge is 2.42. The van der Waals surface area contributed by atoms with Crippen molar-refractivity contribution >= 4 is 18.1 Å². The Morgan fingerprint density at radius 3 is 2.47 bits per heavy atom. The molecular formula is C24H27NO5. The van der Waals surface area contributed by atoms with Crippen LogP contribution in [0.3, 0.4) is 0 Å². The molecule has 0 spiro atoms. The molecule has 6 nitrogen and oxygen atoms in total. The van der Waals surface area contributed by atoms with Crippen molar-refractivity contribution in [3.63, 3.8) is 0 Å². The molecule has 30 heavy (non-hydrogen) atoms. The molecule has 1 saturated heterocycles. The summed E-state index contributed by atoms with van der Waals surface area (Å²) in [5, 5.41) is 20.0. The van der Waals surface area contributed by atoms with E-state index in [1.54, 1.807) is 12.2 Å². The average Bonchev–Trinajstić information content (AvgIpc) is 3.13. The van der Waals surface area contributed by atoms with Gasteiger partial charge in [-0.3, -0.25) is 4.79 Å². The van der Waals surface area contributed by atoms with Crippen molar-refractivity contribution in [2.45, 2.75) is 31.4 Å². The third-order valence-corrected chi connectivity index (χ3v) is 5.20. The Balaban J connectivity index is 1.76. The molecule has 1 aliphatic heterocycles. The SMILES string of the molecule is O=C1OC[C@@H](Cc2ccccc2)N1C(=O)[C@H](CCCO)[C@H](O)C=Cc1ccccc1. The lowest BCUT2D eigenvalue weighted by molar-refractivity contribution is -0.136. The first-order chi connectivity index (χ1) is 14.6. The van der Waals surface area contributed by atoms with Crippen molar-refractivity contribution < 1.29 is 24.5 Å². The number of benzene rings is 2. The number of aliphatic hydroxyl groups excluding tert-OH is 2. The predicted molar refractivity (Wildman–Crippen MR) is 113 cm³/mol. The molecule has 0 saturated carbocycles. The van der Waals surface area contributed by atoms with Gasteiger partial charge in [-0.25, -0.2) is 9.69 Å². The topological polar surface area (TPSA) is 87.1 Å². The third-order valence-electron chi connectivity index (χ3n) is 5.20. The Hall–Kier alpha value is -2.96. The summed E-state index contributed by atoms with van der Waals surface area (Å²) >= 11 is 0. The first kappa shape index (κ1) is 21.7. The van der Waals surface area contributed by atoms with E-state index >= 15 is 0 Å². The van der Waals surface area contributed by atoms with Crippen molar-refractivity contribution in [3.05, 3.63) is 77.9 Å². The molecule has 158 valence electrons. The van der Waals surface area contributed by atoms with Crippen LogP contribution < -0.4 is 0 Å². The molecule has 0 unspecified atom stereocenters. The van der Waals surface area contributed by atoms with Crippen molar-refractivity contribution in [2.24, 2.45) is 5.92 Å². The zero-order valence-electron chi connectivity index (χ0n) is 16.8. The fraction of sp³-hybridized carbons (Fsp3) is 0.333. The van der Waals surface area contributed by atoms with Crippen molar-refractivity contribution in [2.75, 3.05) is 13.2 Å². The fourth-order valence-corrected chi connectivity index (χ4v) is 3.61. The van der Waals surface area contributed by atoms with Crippen LogP contribution >= 0.6 is 0 Å². The summed E-state index contributed by atoms with van der Waals surface area (Å²) in [6, 6.07) is 18.6. The van der Waals surface area contributed by atoms with Crippen molar-refractivity contribution in [3.8, 4) is 0 Å². The molecule has 1 heterocycles. The number of rotatable bonds is 9. The van der Waals surface area contributed by atoms with Gasteiger partial charge in [0, 0.05) is 6.61 Å². The van der Waals surface area contributed by atoms with Gasteiger partial charge >= 0.3 is 6.09 Å². The highest BCUT2D eigenvalue weighted by atomic mass is 16.6. The minimum Gasteiger partial charge on any atom is -0.447 e. The predicted octanol–water partition coefficient (Wildman–Crippen LogP) is 3.04. The van der Waals surface area contributed by atoms with Crippen LogP contribution in [0.2, 0.25) is 0 Å². The smallest absolute Gasteiger partial charge is 0.416 e. The van der Waals surface area contributed by atoms with Crippen LogP contribution in [0.4, 0.5) is 4.79 Å². The molecule has 0 aliphatic carbocycles. The zero-order valence-corrected chi connectivity index (χ0v) is 16.8. The molecule has 3 rings (SSSR count). The number of ether oxygens (including phenoxy) is 1. The quantitative estimate of drug-likeness (QED) is 0.665. The Morgan fingerprint density at radius 2 is 1.80 bits per heavy atom. The second-order valence-electron chi connectivity index (χ2n) is 7.36. The lowest BCUT2D eigenvalue weighted by Crippen LogP contribution is -2.46. The van der Waals surface area contributed by atoms with Gasteiger partial charge in [-0.05, 0) is 30.4 Å². The van der Waals surface area contributed by atoms with Gasteiger partial charge in [0.1, 0.15) is 6.61 Å². The van der Waals surface area contributed by atoms with Gasteiger partial charge in [-0.2, -0.15) is 0 Å². The largest absolute Gasteiger partial charge is 0.447 e. The Labute approximate surface area is 176 Å². The number of carbonyl (C=O) groups is 2. The number of amides is 2. The van der Waals surface area contributed by atoms with E-state index in [0.717, 1.165) is 16.0 Å². The van der Waals surface area contributed by atoms with Gasteiger partial charge in [-0.15, -0.1) is 0 Å². The summed E-state index contributed by atoms with van der Waals surface area (Å²) in [6.45, 7) is 0.0267. The molecule has 0 bridgehead atoms. The summed E-state index contributed by atoms with van der Waals surface area (Å²) in [4.78, 5) is 26.7. The third kappa shape index (κ3) is 5.55. The molecule has 0 radical (unpaired) electrons. The van der Waals surface area contributed by atoms with Gasteiger partial charge in [0.2, 0.25) is 5.91 Å². The molecule has 6 heteroatoms. The number of hydrogen-bond acceptors (Lipinski definition) is 5. The van der Waals surface area contributed by atoms with Crippen LogP contribution in [-0.2, 0) is 16.0 Å². The van der Waals surface area contributed by atoms with Crippen LogP contribution in [0.15, 0.2) is 66.7 Å². The average molecular weight is 409 g/mol. The van der Waals surface area contributed by atoms with E-state index in [2.05, 4.69) is 0 Å². The maximum Gasteiger partial charge on any atom is 0.416 e. The van der Waals surface area contributed by atoms with Crippen molar-refractivity contribution in [1.82, 2.24) is 4.90 Å². The van der Waals surface area contributed by atoms with Crippen LogP contribution in [0.25, 0.3) is 6.08 Å². The zero-order chi connectivity index (χ0) is 21.3. The Kier molecular flexibility index (Phi) is 7.76. The van der Waals surface area contributed by atoms with E-state index in [1.165, 1.54) is 0 Å². The highest BCUT2D eigenvalue weighted by Crippen LogP contribution is 2.24. The van der Waals surface area contributed by atoms with Gasteiger partial charge < -0.3 is 14.9 Å². The first-order valence-corrected chi connectivity index (χ1v) is 10.2. The second kappa shape index (κ2) is 10.7. The standard InChI is InChI=1S/C24H27NO5/c26-15-7-12-21(22(27)14-13-18-8-3-1-4-9-18)23(28)25-20(17-30-24(25)29)16-19-10-5-2-6-11-19/h1-6,8-11,13-14,20-22,26-27H,7,12,15-17H2/t20-,21-,22-/m1/s1. The van der Waals surface area contributed by atoms with Crippen LogP contribution in [0.1, 0.15) is 24.0 Å². The Morgan fingerprint density at radius 1 is 1.13 bits per heavy atom. The number of hydrogen-bond donors (Lipinski definition) is 2. The van der Waals surface area contributed by atoms with Gasteiger partial charge in [0.25, 0.3) is 0 Å². The fourth-order valence-electron chi connectivity index (χ4n) is 3.61. The number of nitrogens with zero attached hydrogens (tertiary/aromatic N) is 1. The first-order valence-electron chi connectivity index (χ1n) is 10.2. The maximum absolute atomic E-state index is 13.3. The normalized spacial score (nSPS) is 18.4. The van der Waals surface area contributed by atoms with E-state index in [-0.39, 0.29) is 19.6 Å². The molecule has 1 fully saturated rings. The molecular weight excluding hydrogens is 382 g/mol. The summed E-state index contributed by atoms with van der Waals surface area (Å²) in [5.41, 5.74) is 1.89. The lowest BCUT2D eigenvalue weighted by Gasteiger charge is -2.26. The summed E-state index contributed by atoms with van der Waals surface area (Å²) in [6.07, 6.45) is 2.62. The second-order valence-corrected chi connectivity index (χ2v) is 7.36. The van der Waals surface area contributed by atoms with Gasteiger partial charge in [0.15, 0.2) is 0 Å². The minimum absolute atomic E-state index is 0.100. The summed E-state index contributed by atoms with van der Waals surface area (Å²) < 4.78 is 5.15. The maximum atomic E-state index is 13.3. The molecule has 2 amide bonds. The van der Waals surface area contributed by atoms with Gasteiger partial charge in [-0.1, -0.05) is 72.8 Å². The number of aliphatic hydroxyl groups is 2. The molecule has 3 atom stereocenters. The highest BCUT2D eigenvalue weighted by molar-refractivity contribution is 5.95. The molecule has 1 aliphatic rings. The van der Waals surface area contributed by atoms with E-state index in [0.29, 0.717) is 12.8 Å². The minimum atomic E-state index is -1.09. The molecule has 0 aromatic heterocycles. The molecule has 2 N–H and O–H groups in total. The van der Waals surface area contributed by atoms with Crippen LogP contribution in [-0.4, -0.2) is 52.5 Å². The van der Waals surface area contributed by atoms with Crippen LogP contribution in [0, 0.1) is 5.92 Å². The van der Waals surface area contributed by atoms with Crippen molar-refractivity contribution in [1.29, 1.82) is 0 Å². The lowest BCUT2D eigenvalue weighted by atomic mass is 9.93. The van der Waals surface area contributed by atoms with Crippen LogP contribution in [0.5, 0.6) is 0 Å². The Bertz CT molecular complexity index is 852. The van der Waals surface area contributed by atoms with E-state index < -0.39 is 30.1 Å². The monoisotopic (exact) mass is 409 g/mol. The number of imide groups is 1. The summed E-state index contributed by atoms with van der Waals surface area (Å²) in [5.74, 6) is -1.32. The molecule has 2 aromatic carbocycles. The number of carbonyl (C=O) groups excluding carboxylic acids is 2. The molecule has 2 aromatic rings. The van der Waals surface area contributed by atoms with E-state index in [9.17, 15) is 19.8 Å². The van der Waals surface area contributed by atoms with Gasteiger partial charge in [0.05, 0.1) is 18.1 Å². The van der Waals surface area contributed by atoms with E-state index in [1.807, 2.05) is 60.7 Å².